The van der Waals surface area contributed by atoms with Crippen molar-refractivity contribution in [2.45, 2.75) is 25.2 Å². The maximum atomic E-state index is 12.9. The van der Waals surface area contributed by atoms with E-state index in [0.717, 1.165) is 22.3 Å². The molecule has 4 aromatic rings. The van der Waals surface area contributed by atoms with Crippen LogP contribution < -0.4 is 10.1 Å². The van der Waals surface area contributed by atoms with Crippen LogP contribution in [0.3, 0.4) is 0 Å². The average Bonchev–Trinajstić information content (AvgIpc) is 3.27. The van der Waals surface area contributed by atoms with Crippen LogP contribution >= 0.6 is 23.2 Å². The molecule has 1 aliphatic carbocycles. The molecule has 0 aliphatic heterocycles. The molecule has 1 aromatic heterocycles. The Balaban J connectivity index is 1.26. The summed E-state index contributed by atoms with van der Waals surface area (Å²) in [5, 5.41) is 3.96. The fourth-order valence-corrected chi connectivity index (χ4v) is 4.58. The van der Waals surface area contributed by atoms with Crippen molar-refractivity contribution in [1.29, 1.82) is 0 Å². The zero-order chi connectivity index (χ0) is 26.2. The quantitative estimate of drug-likeness (QED) is 0.297. The monoisotopic (exact) mass is 543 g/mol. The Bertz CT molecular complexity index is 1480. The third-order valence-electron chi connectivity index (χ3n) is 5.97. The highest BCUT2D eigenvalue weighted by Gasteiger charge is 2.31. The van der Waals surface area contributed by atoms with Crippen LogP contribution in [0.4, 0.5) is 13.2 Å². The summed E-state index contributed by atoms with van der Waals surface area (Å²) in [7, 11) is 0. The summed E-state index contributed by atoms with van der Waals surface area (Å²) in [6, 6.07) is 18.3. The van der Waals surface area contributed by atoms with Gasteiger partial charge in [0.1, 0.15) is 5.75 Å². The number of carbonyl (C=O) groups is 1. The van der Waals surface area contributed by atoms with Gasteiger partial charge in [-0.25, -0.2) is 9.97 Å². The number of hydrogen-bond acceptors (Lipinski definition) is 4. The lowest BCUT2D eigenvalue weighted by Gasteiger charge is -2.12. The molecule has 1 heterocycles. The highest BCUT2D eigenvalue weighted by Crippen LogP contribution is 2.32. The second-order valence-electron chi connectivity index (χ2n) is 8.53. The van der Waals surface area contributed by atoms with Gasteiger partial charge in [0.05, 0.1) is 15.7 Å². The highest BCUT2D eigenvalue weighted by atomic mass is 35.5. The maximum absolute atomic E-state index is 12.9. The first-order chi connectivity index (χ1) is 17.6. The summed E-state index contributed by atoms with van der Waals surface area (Å²) in [4.78, 5) is 21.3. The summed E-state index contributed by atoms with van der Waals surface area (Å²) in [6.45, 7) is 0. The summed E-state index contributed by atoms with van der Waals surface area (Å²) in [5.74, 6) is -0.798. The molecule has 0 saturated heterocycles. The third-order valence-corrected chi connectivity index (χ3v) is 6.71. The third kappa shape index (κ3) is 5.87. The molecular weight excluding hydrogens is 526 g/mol. The zero-order valence-corrected chi connectivity index (χ0v) is 20.5. The van der Waals surface area contributed by atoms with E-state index < -0.39 is 12.3 Å². The molecular formula is C27H18Cl2F3N3O2. The van der Waals surface area contributed by atoms with Gasteiger partial charge < -0.3 is 10.1 Å². The lowest BCUT2D eigenvalue weighted by atomic mass is 10.0. The van der Waals surface area contributed by atoms with Crippen LogP contribution in [0.15, 0.2) is 72.9 Å². The zero-order valence-electron chi connectivity index (χ0n) is 19.0. The number of amides is 1. The SMILES string of the molecule is O=C(NC1Cc2ccc(-c3ccc(Cl)c(Cl)c3)cc2C1)c1nccc(-c2ccc(OC(F)(F)F)cc2)n1. The lowest BCUT2D eigenvalue weighted by Crippen LogP contribution is -2.36. The van der Waals surface area contributed by atoms with E-state index in [4.69, 9.17) is 23.2 Å². The van der Waals surface area contributed by atoms with Crippen LogP contribution in [-0.4, -0.2) is 28.3 Å². The minimum absolute atomic E-state index is 0.0273. The molecule has 0 radical (unpaired) electrons. The van der Waals surface area contributed by atoms with Crippen molar-refractivity contribution >= 4 is 29.1 Å². The van der Waals surface area contributed by atoms with E-state index in [0.29, 0.717) is 34.1 Å². The Labute approximate surface area is 220 Å². The number of fused-ring (bicyclic) bond motifs is 1. The minimum atomic E-state index is -4.77. The van der Waals surface area contributed by atoms with E-state index in [1.807, 2.05) is 24.3 Å². The Morgan fingerprint density at radius 3 is 2.27 bits per heavy atom. The largest absolute Gasteiger partial charge is 0.573 e. The van der Waals surface area contributed by atoms with E-state index in [1.165, 1.54) is 30.5 Å². The maximum Gasteiger partial charge on any atom is 0.573 e. The topological polar surface area (TPSA) is 64.1 Å². The fraction of sp³-hybridized carbons (Fsp3) is 0.148. The van der Waals surface area contributed by atoms with Crippen molar-refractivity contribution < 1.29 is 22.7 Å². The van der Waals surface area contributed by atoms with E-state index in [9.17, 15) is 18.0 Å². The van der Waals surface area contributed by atoms with Gasteiger partial charge in [-0.2, -0.15) is 0 Å². The van der Waals surface area contributed by atoms with Gasteiger partial charge in [0.2, 0.25) is 5.82 Å². The smallest absolute Gasteiger partial charge is 0.406 e. The molecule has 1 N–H and O–H groups in total. The molecule has 1 atom stereocenters. The lowest BCUT2D eigenvalue weighted by molar-refractivity contribution is -0.274. The van der Waals surface area contributed by atoms with Crippen molar-refractivity contribution in [3.63, 3.8) is 0 Å². The molecule has 5 nitrogen and oxygen atoms in total. The number of ether oxygens (including phenoxy) is 1. The summed E-state index contributed by atoms with van der Waals surface area (Å²) in [5.41, 5.74) is 5.16. The number of hydrogen-bond donors (Lipinski definition) is 1. The Hall–Kier alpha value is -3.62. The summed E-state index contributed by atoms with van der Waals surface area (Å²) in [6.07, 6.45) is -2.02. The second-order valence-corrected chi connectivity index (χ2v) is 9.34. The Morgan fingerprint density at radius 1 is 0.865 bits per heavy atom. The minimum Gasteiger partial charge on any atom is -0.406 e. The van der Waals surface area contributed by atoms with E-state index in [-0.39, 0.29) is 17.6 Å². The average molecular weight is 544 g/mol. The molecule has 0 saturated carbocycles. The van der Waals surface area contributed by atoms with Crippen LogP contribution in [0.1, 0.15) is 21.7 Å². The number of carbonyl (C=O) groups excluding carboxylic acids is 1. The molecule has 188 valence electrons. The molecule has 0 fully saturated rings. The van der Waals surface area contributed by atoms with Crippen molar-refractivity contribution in [2.24, 2.45) is 0 Å². The van der Waals surface area contributed by atoms with Crippen molar-refractivity contribution in [1.82, 2.24) is 15.3 Å². The normalized spacial score (nSPS) is 14.8. The van der Waals surface area contributed by atoms with Gasteiger partial charge in [0, 0.05) is 17.8 Å². The van der Waals surface area contributed by atoms with Crippen LogP contribution in [0, 0.1) is 0 Å². The predicted molar refractivity (Wildman–Crippen MR) is 135 cm³/mol. The number of rotatable bonds is 5. The molecule has 1 unspecified atom stereocenters. The van der Waals surface area contributed by atoms with Crippen LogP contribution in [-0.2, 0) is 12.8 Å². The van der Waals surface area contributed by atoms with Gasteiger partial charge in [-0.05, 0) is 77.6 Å². The number of aromatic nitrogens is 2. The number of nitrogens with zero attached hydrogens (tertiary/aromatic N) is 2. The molecule has 0 bridgehead atoms. The van der Waals surface area contributed by atoms with Gasteiger partial charge in [0.15, 0.2) is 0 Å². The van der Waals surface area contributed by atoms with Gasteiger partial charge in [-0.3, -0.25) is 4.79 Å². The molecule has 1 aliphatic rings. The number of halogens is 5. The van der Waals surface area contributed by atoms with Crippen LogP contribution in [0.25, 0.3) is 22.4 Å². The van der Waals surface area contributed by atoms with Gasteiger partial charge >= 0.3 is 6.36 Å². The van der Waals surface area contributed by atoms with Crippen molar-refractivity contribution in [3.05, 3.63) is 99.9 Å². The van der Waals surface area contributed by atoms with E-state index >= 15 is 0 Å². The van der Waals surface area contributed by atoms with Crippen LogP contribution in [0.5, 0.6) is 5.75 Å². The fourth-order valence-electron chi connectivity index (χ4n) is 4.28. The second kappa shape index (κ2) is 10.0. The van der Waals surface area contributed by atoms with Crippen molar-refractivity contribution in [2.75, 3.05) is 0 Å². The Kier molecular flexibility index (Phi) is 6.79. The van der Waals surface area contributed by atoms with E-state index in [1.54, 1.807) is 12.1 Å². The molecule has 10 heteroatoms. The Morgan fingerprint density at radius 2 is 1.54 bits per heavy atom. The molecule has 5 rings (SSSR count). The first-order valence-electron chi connectivity index (χ1n) is 11.2. The molecule has 3 aromatic carbocycles. The molecule has 37 heavy (non-hydrogen) atoms. The molecule has 1 amide bonds. The highest BCUT2D eigenvalue weighted by molar-refractivity contribution is 6.42. The van der Waals surface area contributed by atoms with Crippen molar-refractivity contribution in [3.8, 4) is 28.1 Å². The van der Waals surface area contributed by atoms with Crippen LogP contribution in [0.2, 0.25) is 10.0 Å². The van der Waals surface area contributed by atoms with E-state index in [2.05, 4.69) is 26.1 Å². The standard InChI is InChI=1S/C27H18Cl2F3N3O2/c28-22-8-5-18(14-23(22)29)16-1-2-17-12-20(13-19(17)11-16)34-26(36)25-33-10-9-24(35-25)15-3-6-21(7-4-15)37-27(30,31)32/h1-11,14,20H,12-13H2,(H,34,36). The summed E-state index contributed by atoms with van der Waals surface area (Å²) < 4.78 is 41.1. The van der Waals surface area contributed by atoms with Gasteiger partial charge in [-0.1, -0.05) is 47.5 Å². The van der Waals surface area contributed by atoms with Gasteiger partial charge in [0.25, 0.3) is 5.91 Å². The number of alkyl halides is 3. The first-order valence-corrected chi connectivity index (χ1v) is 12.0. The predicted octanol–water partition coefficient (Wildman–Crippen LogP) is 6.91. The number of nitrogens with one attached hydrogen (secondary N) is 1. The first kappa shape index (κ1) is 25.0. The van der Waals surface area contributed by atoms with Gasteiger partial charge in [-0.15, -0.1) is 13.2 Å². The number of benzene rings is 3. The molecule has 0 spiro atoms. The summed E-state index contributed by atoms with van der Waals surface area (Å²) >= 11 is 12.2.